The highest BCUT2D eigenvalue weighted by atomic mass is 16.6. The van der Waals surface area contributed by atoms with E-state index in [9.17, 15) is 14.7 Å². The lowest BCUT2D eigenvalue weighted by molar-refractivity contribution is -0.120. The summed E-state index contributed by atoms with van der Waals surface area (Å²) in [5.41, 5.74) is 5.19. The van der Waals surface area contributed by atoms with Gasteiger partial charge in [0.05, 0.1) is 0 Å². The molecule has 0 saturated heterocycles. The number of allylic oxidation sites excluding steroid dienone is 2. The Hall–Kier alpha value is -2.89. The van der Waals surface area contributed by atoms with Crippen LogP contribution in [-0.4, -0.2) is 34.6 Å². The molecule has 0 spiro atoms. The Labute approximate surface area is 190 Å². The zero-order chi connectivity index (χ0) is 23.8. The van der Waals surface area contributed by atoms with Crippen molar-refractivity contribution in [3.05, 3.63) is 51.8 Å². The van der Waals surface area contributed by atoms with Crippen molar-refractivity contribution in [2.24, 2.45) is 5.16 Å². The predicted octanol–water partition coefficient (Wildman–Crippen LogP) is 5.12. The second-order valence-corrected chi connectivity index (χ2v) is 9.29. The van der Waals surface area contributed by atoms with E-state index in [1.807, 2.05) is 13.8 Å². The van der Waals surface area contributed by atoms with Gasteiger partial charge in [-0.15, -0.1) is 0 Å². The van der Waals surface area contributed by atoms with E-state index in [1.165, 1.54) is 11.6 Å². The topological polar surface area (TPSA) is 85.2 Å². The minimum atomic E-state index is -0.564. The maximum absolute atomic E-state index is 13.0. The molecule has 6 heteroatoms. The van der Waals surface area contributed by atoms with Crippen molar-refractivity contribution >= 4 is 17.3 Å². The number of carbonyl (C=O) groups is 2. The van der Waals surface area contributed by atoms with E-state index < -0.39 is 5.78 Å². The van der Waals surface area contributed by atoms with Crippen molar-refractivity contribution in [2.45, 2.75) is 78.7 Å². The summed E-state index contributed by atoms with van der Waals surface area (Å²) in [6, 6.07) is 0. The first-order chi connectivity index (χ1) is 15.0. The van der Waals surface area contributed by atoms with Crippen LogP contribution in [0.25, 0.3) is 0 Å². The molecule has 1 aromatic rings. The Morgan fingerprint density at radius 3 is 2.53 bits per heavy atom. The van der Waals surface area contributed by atoms with Crippen molar-refractivity contribution in [1.29, 1.82) is 0 Å². The van der Waals surface area contributed by atoms with E-state index in [-0.39, 0.29) is 53.8 Å². The van der Waals surface area contributed by atoms with E-state index >= 15 is 0 Å². The fourth-order valence-electron chi connectivity index (χ4n) is 4.85. The maximum Gasteiger partial charge on any atom is 0.217 e. The van der Waals surface area contributed by atoms with Crippen molar-refractivity contribution < 1.29 is 24.3 Å². The number of hydrogen-bond donors (Lipinski definition) is 1. The van der Waals surface area contributed by atoms with Crippen molar-refractivity contribution in [3.8, 4) is 5.75 Å². The quantitative estimate of drug-likeness (QED) is 0.209. The van der Waals surface area contributed by atoms with Gasteiger partial charge in [0.1, 0.15) is 35.0 Å². The van der Waals surface area contributed by atoms with Gasteiger partial charge in [0.25, 0.3) is 0 Å². The van der Waals surface area contributed by atoms with E-state index in [0.29, 0.717) is 6.42 Å². The van der Waals surface area contributed by atoms with Crippen LogP contribution >= 0.6 is 0 Å². The van der Waals surface area contributed by atoms with Crippen LogP contribution in [0.2, 0.25) is 0 Å². The zero-order valence-corrected chi connectivity index (χ0v) is 19.9. The highest BCUT2D eigenvalue weighted by Crippen LogP contribution is 2.46. The molecule has 0 saturated carbocycles. The summed E-state index contributed by atoms with van der Waals surface area (Å²) in [7, 11) is 0. The lowest BCUT2D eigenvalue weighted by Gasteiger charge is -2.28. The van der Waals surface area contributed by atoms with Crippen LogP contribution in [0.4, 0.5) is 0 Å². The Kier molecular flexibility index (Phi) is 6.63. The molecular formula is C26H33NO5. The summed E-state index contributed by atoms with van der Waals surface area (Å²) in [6.07, 6.45) is 3.02. The number of hydrogen-bond acceptors (Lipinski definition) is 6. The molecule has 0 bridgehead atoms. The molecular weight excluding hydrogens is 406 g/mol. The number of ether oxygens (including phenoxy) is 1. The number of ketones is 2. The molecule has 0 amide bonds. The number of rotatable bonds is 7. The van der Waals surface area contributed by atoms with Gasteiger partial charge in [-0.1, -0.05) is 24.7 Å². The third-order valence-electron chi connectivity index (χ3n) is 6.46. The average Bonchev–Trinajstić information content (AvgIpc) is 3.05. The van der Waals surface area contributed by atoms with Gasteiger partial charge in [0.15, 0.2) is 5.78 Å². The number of benzene rings is 1. The van der Waals surface area contributed by atoms with Gasteiger partial charge in [0, 0.05) is 24.8 Å². The van der Waals surface area contributed by atoms with E-state index in [2.05, 4.69) is 32.5 Å². The monoisotopic (exact) mass is 439 g/mol. The standard InChI is InChI=1S/C26H33NO5/c1-8-10-31-27-19(9-2)24(30)23-20(28)11-17(12-21(23)29)22-14(3)15(4)25-18(16(22)5)13-26(6,7)32-25/h8,17,28H,1,9-13H2,2-7H3/b27-19+. The molecule has 1 aliphatic heterocycles. The lowest BCUT2D eigenvalue weighted by atomic mass is 9.76. The fourth-order valence-corrected chi connectivity index (χ4v) is 4.85. The molecule has 172 valence electrons. The van der Waals surface area contributed by atoms with Gasteiger partial charge < -0.3 is 14.7 Å². The lowest BCUT2D eigenvalue weighted by Crippen LogP contribution is -2.28. The molecule has 3 rings (SSSR count). The summed E-state index contributed by atoms with van der Waals surface area (Å²) in [6.45, 7) is 15.7. The second-order valence-electron chi connectivity index (χ2n) is 9.29. The van der Waals surface area contributed by atoms with Crippen LogP contribution in [0, 0.1) is 20.8 Å². The first-order valence-corrected chi connectivity index (χ1v) is 11.1. The SMILES string of the molecule is C=CCO/N=C(\CC)C(=O)C1=C(O)CC(c2c(C)c(C)c3c(c2C)CC(C)(C)O3)CC1=O. The number of oxime groups is 1. The minimum absolute atomic E-state index is 0.111. The summed E-state index contributed by atoms with van der Waals surface area (Å²) >= 11 is 0. The average molecular weight is 440 g/mol. The Balaban J connectivity index is 1.97. The molecule has 2 aliphatic rings. The zero-order valence-electron chi connectivity index (χ0n) is 19.9. The third kappa shape index (κ3) is 4.23. The Bertz CT molecular complexity index is 1050. The van der Waals surface area contributed by atoms with Crippen LogP contribution < -0.4 is 4.74 Å². The fraction of sp³-hybridized carbons (Fsp3) is 0.500. The van der Waals surface area contributed by atoms with Crippen LogP contribution in [-0.2, 0) is 20.8 Å². The predicted molar refractivity (Wildman–Crippen MR) is 125 cm³/mol. The van der Waals surface area contributed by atoms with E-state index in [0.717, 1.165) is 34.4 Å². The van der Waals surface area contributed by atoms with Gasteiger partial charge in [-0.25, -0.2) is 0 Å². The van der Waals surface area contributed by atoms with Crippen molar-refractivity contribution in [3.63, 3.8) is 0 Å². The van der Waals surface area contributed by atoms with Gasteiger partial charge in [0.2, 0.25) is 5.78 Å². The number of nitrogens with zero attached hydrogens (tertiary/aromatic N) is 1. The Morgan fingerprint density at radius 1 is 1.25 bits per heavy atom. The van der Waals surface area contributed by atoms with E-state index in [1.54, 1.807) is 6.92 Å². The molecule has 1 atom stereocenters. The molecule has 32 heavy (non-hydrogen) atoms. The largest absolute Gasteiger partial charge is 0.511 e. The molecule has 1 aromatic carbocycles. The number of aliphatic hydroxyl groups excluding tert-OH is 1. The van der Waals surface area contributed by atoms with Gasteiger partial charge in [-0.3, -0.25) is 9.59 Å². The summed E-state index contributed by atoms with van der Waals surface area (Å²) in [5.74, 6) is -0.344. The molecule has 1 heterocycles. The first kappa shape index (κ1) is 23.8. The molecule has 0 radical (unpaired) electrons. The summed E-state index contributed by atoms with van der Waals surface area (Å²) in [4.78, 5) is 31.0. The normalized spacial score (nSPS) is 20.1. The summed E-state index contributed by atoms with van der Waals surface area (Å²) in [5, 5.41) is 14.6. The van der Waals surface area contributed by atoms with E-state index in [4.69, 9.17) is 9.57 Å². The number of Topliss-reactive ketones (excluding diaryl/α,β-unsaturated/α-hetero) is 2. The second kappa shape index (κ2) is 8.93. The molecule has 6 nitrogen and oxygen atoms in total. The summed E-state index contributed by atoms with van der Waals surface area (Å²) < 4.78 is 6.20. The first-order valence-electron chi connectivity index (χ1n) is 11.1. The smallest absolute Gasteiger partial charge is 0.217 e. The number of carbonyl (C=O) groups excluding carboxylic acids is 2. The van der Waals surface area contributed by atoms with Gasteiger partial charge in [-0.2, -0.15) is 0 Å². The Morgan fingerprint density at radius 2 is 1.94 bits per heavy atom. The van der Waals surface area contributed by atoms with Crippen LogP contribution in [0.5, 0.6) is 5.75 Å². The molecule has 1 aliphatic carbocycles. The van der Waals surface area contributed by atoms with Gasteiger partial charge >= 0.3 is 0 Å². The number of fused-ring (bicyclic) bond motifs is 1. The van der Waals surface area contributed by atoms with Crippen molar-refractivity contribution in [1.82, 2.24) is 0 Å². The van der Waals surface area contributed by atoms with Crippen LogP contribution in [0.3, 0.4) is 0 Å². The highest BCUT2D eigenvalue weighted by Gasteiger charge is 2.39. The maximum atomic E-state index is 13.0. The number of aliphatic hydroxyl groups is 1. The molecule has 1 N–H and O–H groups in total. The van der Waals surface area contributed by atoms with Crippen LogP contribution in [0.15, 0.2) is 29.1 Å². The van der Waals surface area contributed by atoms with Crippen molar-refractivity contribution in [2.75, 3.05) is 6.61 Å². The molecule has 1 unspecified atom stereocenters. The highest BCUT2D eigenvalue weighted by molar-refractivity contribution is 6.51. The molecule has 0 fully saturated rings. The van der Waals surface area contributed by atoms with Crippen LogP contribution in [0.1, 0.15) is 73.8 Å². The van der Waals surface area contributed by atoms with Gasteiger partial charge in [-0.05, 0) is 69.2 Å². The molecule has 0 aromatic heterocycles. The third-order valence-corrected chi connectivity index (χ3v) is 6.46. The minimum Gasteiger partial charge on any atom is -0.511 e.